The van der Waals surface area contributed by atoms with E-state index in [0.717, 1.165) is 12.8 Å². The maximum Gasteiger partial charge on any atom is 0.411 e. The molecule has 1 heterocycles. The van der Waals surface area contributed by atoms with Crippen LogP contribution in [0.1, 0.15) is 38.5 Å². The SMILES string of the molecule is COc1cc(NC(=O)C2CCC3(CC2)CN(CC(=O)NC2(C(F)(F)F)CC2)C3)ccc1F. The quantitative estimate of drug-likeness (QED) is 0.642. The second-order valence-electron chi connectivity index (χ2n) is 9.39. The van der Waals surface area contributed by atoms with E-state index in [1.165, 1.54) is 25.3 Å². The molecule has 0 aromatic heterocycles. The number of methoxy groups -OCH3 is 1. The smallest absolute Gasteiger partial charge is 0.411 e. The van der Waals surface area contributed by atoms with E-state index in [1.807, 2.05) is 4.90 Å². The summed E-state index contributed by atoms with van der Waals surface area (Å²) in [6, 6.07) is 4.17. The van der Waals surface area contributed by atoms with Gasteiger partial charge < -0.3 is 15.4 Å². The lowest BCUT2D eigenvalue weighted by Crippen LogP contribution is -2.61. The van der Waals surface area contributed by atoms with Crippen molar-refractivity contribution in [2.75, 3.05) is 32.1 Å². The average Bonchev–Trinajstić information content (AvgIpc) is 3.49. The molecule has 2 aliphatic carbocycles. The van der Waals surface area contributed by atoms with Gasteiger partial charge in [0.15, 0.2) is 11.6 Å². The average molecular weight is 457 g/mol. The molecule has 2 amide bonds. The molecule has 1 aromatic carbocycles. The van der Waals surface area contributed by atoms with Crippen LogP contribution in [0.4, 0.5) is 23.2 Å². The highest BCUT2D eigenvalue weighted by Gasteiger charge is 2.64. The third kappa shape index (κ3) is 4.55. The van der Waals surface area contributed by atoms with Gasteiger partial charge >= 0.3 is 6.18 Å². The zero-order chi connectivity index (χ0) is 23.1. The summed E-state index contributed by atoms with van der Waals surface area (Å²) in [7, 11) is 1.36. The Labute approximate surface area is 183 Å². The van der Waals surface area contributed by atoms with Gasteiger partial charge in [-0.2, -0.15) is 13.2 Å². The minimum atomic E-state index is -4.41. The minimum absolute atomic E-state index is 0.0252. The summed E-state index contributed by atoms with van der Waals surface area (Å²) in [5.41, 5.74) is -1.52. The van der Waals surface area contributed by atoms with E-state index in [0.29, 0.717) is 31.6 Å². The molecule has 1 aliphatic heterocycles. The lowest BCUT2D eigenvalue weighted by Gasteiger charge is -2.53. The fourth-order valence-corrected chi connectivity index (χ4v) is 4.92. The van der Waals surface area contributed by atoms with Crippen molar-refractivity contribution in [3.8, 4) is 5.75 Å². The van der Waals surface area contributed by atoms with E-state index in [-0.39, 0.29) is 42.4 Å². The second kappa shape index (κ2) is 8.20. The number of nitrogens with zero attached hydrogens (tertiary/aromatic N) is 1. The van der Waals surface area contributed by atoms with Gasteiger partial charge in [-0.3, -0.25) is 14.5 Å². The molecule has 1 aromatic rings. The predicted octanol–water partition coefficient (Wildman–Crippen LogP) is 3.48. The van der Waals surface area contributed by atoms with Crippen LogP contribution in [0.2, 0.25) is 0 Å². The number of nitrogens with one attached hydrogen (secondary N) is 2. The van der Waals surface area contributed by atoms with Crippen LogP contribution >= 0.6 is 0 Å². The van der Waals surface area contributed by atoms with E-state index < -0.39 is 23.4 Å². The Balaban J connectivity index is 1.21. The van der Waals surface area contributed by atoms with Crippen LogP contribution in [0.5, 0.6) is 5.75 Å². The molecule has 0 unspecified atom stereocenters. The molecule has 2 saturated carbocycles. The number of anilines is 1. The van der Waals surface area contributed by atoms with Crippen molar-refractivity contribution in [2.45, 2.75) is 50.2 Å². The summed E-state index contributed by atoms with van der Waals surface area (Å²) in [5, 5.41) is 4.97. The Bertz CT molecular complexity index is 885. The molecule has 0 bridgehead atoms. The summed E-state index contributed by atoms with van der Waals surface area (Å²) < 4.78 is 57.4. The van der Waals surface area contributed by atoms with Crippen molar-refractivity contribution >= 4 is 17.5 Å². The first-order valence-electron chi connectivity index (χ1n) is 10.8. The first-order valence-corrected chi connectivity index (χ1v) is 10.8. The summed E-state index contributed by atoms with van der Waals surface area (Å²) in [6.07, 6.45) is -1.48. The zero-order valence-electron chi connectivity index (χ0n) is 17.9. The number of amides is 2. The number of likely N-dealkylation sites (tertiary alicyclic amines) is 1. The maximum atomic E-state index is 13.5. The maximum absolute atomic E-state index is 13.5. The molecule has 176 valence electrons. The van der Waals surface area contributed by atoms with E-state index in [2.05, 4.69) is 10.6 Å². The van der Waals surface area contributed by atoms with Crippen LogP contribution in [-0.2, 0) is 9.59 Å². The van der Waals surface area contributed by atoms with E-state index >= 15 is 0 Å². The van der Waals surface area contributed by atoms with Crippen molar-refractivity contribution in [1.29, 1.82) is 0 Å². The van der Waals surface area contributed by atoms with Gasteiger partial charge in [0.05, 0.1) is 13.7 Å². The highest BCUT2D eigenvalue weighted by atomic mass is 19.4. The Morgan fingerprint density at radius 3 is 2.38 bits per heavy atom. The van der Waals surface area contributed by atoms with Crippen LogP contribution in [-0.4, -0.2) is 55.2 Å². The monoisotopic (exact) mass is 457 g/mol. The Morgan fingerprint density at radius 1 is 1.16 bits per heavy atom. The molecule has 1 saturated heterocycles. The number of carbonyl (C=O) groups excluding carboxylic acids is 2. The van der Waals surface area contributed by atoms with Crippen LogP contribution in [0.25, 0.3) is 0 Å². The molecule has 1 spiro atoms. The summed E-state index contributed by atoms with van der Waals surface area (Å²) in [4.78, 5) is 26.5. The number of alkyl halides is 3. The van der Waals surface area contributed by atoms with Crippen molar-refractivity contribution < 1.29 is 31.9 Å². The Morgan fingerprint density at radius 2 is 1.81 bits per heavy atom. The van der Waals surface area contributed by atoms with Crippen LogP contribution in [0, 0.1) is 17.2 Å². The predicted molar refractivity (Wildman–Crippen MR) is 109 cm³/mol. The summed E-state index contributed by atoms with van der Waals surface area (Å²) in [5.74, 6) is -1.30. The normalized spacial score (nSPS) is 22.2. The largest absolute Gasteiger partial charge is 0.494 e. The van der Waals surface area contributed by atoms with Crippen molar-refractivity contribution in [3.63, 3.8) is 0 Å². The van der Waals surface area contributed by atoms with Gasteiger partial charge in [0, 0.05) is 30.8 Å². The molecule has 2 N–H and O–H groups in total. The zero-order valence-corrected chi connectivity index (χ0v) is 17.9. The van der Waals surface area contributed by atoms with E-state index in [9.17, 15) is 27.2 Å². The first-order chi connectivity index (χ1) is 15.0. The van der Waals surface area contributed by atoms with Crippen molar-refractivity contribution in [2.24, 2.45) is 11.3 Å². The number of halogens is 4. The van der Waals surface area contributed by atoms with Gasteiger partial charge in [-0.25, -0.2) is 4.39 Å². The molecule has 10 heteroatoms. The number of carbonyl (C=O) groups is 2. The lowest BCUT2D eigenvalue weighted by atomic mass is 9.65. The number of hydrogen-bond acceptors (Lipinski definition) is 4. The summed E-state index contributed by atoms with van der Waals surface area (Å²) in [6.45, 7) is 1.28. The molecule has 32 heavy (non-hydrogen) atoms. The van der Waals surface area contributed by atoms with Crippen molar-refractivity contribution in [3.05, 3.63) is 24.0 Å². The molecule has 3 fully saturated rings. The van der Waals surface area contributed by atoms with Crippen molar-refractivity contribution in [1.82, 2.24) is 10.2 Å². The molecule has 3 aliphatic rings. The first kappa shape index (κ1) is 22.8. The molecule has 0 atom stereocenters. The second-order valence-corrected chi connectivity index (χ2v) is 9.39. The third-order valence-electron chi connectivity index (χ3n) is 6.99. The molecule has 6 nitrogen and oxygen atoms in total. The standard InChI is InChI=1S/C22H27F4N3O3/c1-32-17-10-15(2-3-16(17)23)27-19(31)14-4-6-20(7-5-14)12-29(13-20)11-18(30)28-21(8-9-21)22(24,25)26/h2-3,10,14H,4-9,11-13H2,1H3,(H,27,31)(H,28,30). The molecule has 0 radical (unpaired) electrons. The molecular formula is C22H27F4N3O3. The van der Waals surface area contributed by atoms with Gasteiger partial charge in [-0.1, -0.05) is 0 Å². The fraction of sp³-hybridized carbons (Fsp3) is 0.636. The van der Waals surface area contributed by atoms with Gasteiger partial charge in [0.2, 0.25) is 11.8 Å². The third-order valence-corrected chi connectivity index (χ3v) is 6.99. The topological polar surface area (TPSA) is 70.7 Å². The van der Waals surface area contributed by atoms with E-state index in [1.54, 1.807) is 0 Å². The number of ether oxygens (including phenoxy) is 1. The number of hydrogen-bond donors (Lipinski definition) is 2. The van der Waals surface area contributed by atoms with Gasteiger partial charge in [-0.05, 0) is 56.1 Å². The van der Waals surface area contributed by atoms with Gasteiger partial charge in [0.25, 0.3) is 0 Å². The minimum Gasteiger partial charge on any atom is -0.494 e. The highest BCUT2D eigenvalue weighted by molar-refractivity contribution is 5.92. The highest BCUT2D eigenvalue weighted by Crippen LogP contribution is 2.49. The number of benzene rings is 1. The summed E-state index contributed by atoms with van der Waals surface area (Å²) >= 11 is 0. The van der Waals surface area contributed by atoms with Gasteiger partial charge in [-0.15, -0.1) is 0 Å². The molecule has 4 rings (SSSR count). The number of rotatable bonds is 6. The Kier molecular flexibility index (Phi) is 5.85. The van der Waals surface area contributed by atoms with Crippen LogP contribution in [0.15, 0.2) is 18.2 Å². The van der Waals surface area contributed by atoms with Crippen LogP contribution < -0.4 is 15.4 Å². The van der Waals surface area contributed by atoms with Crippen LogP contribution in [0.3, 0.4) is 0 Å². The van der Waals surface area contributed by atoms with E-state index in [4.69, 9.17) is 4.74 Å². The molecular weight excluding hydrogens is 430 g/mol. The fourth-order valence-electron chi connectivity index (χ4n) is 4.92. The van der Waals surface area contributed by atoms with Gasteiger partial charge in [0.1, 0.15) is 5.54 Å². The lowest BCUT2D eigenvalue weighted by molar-refractivity contribution is -0.171. The Hall–Kier alpha value is -2.36.